The van der Waals surface area contributed by atoms with Crippen LogP contribution >= 0.6 is 0 Å². The summed E-state index contributed by atoms with van der Waals surface area (Å²) >= 11 is 0. The first-order chi connectivity index (χ1) is 24.0. The minimum Gasteiger partial charge on any atom is -0.462 e. The van der Waals surface area contributed by atoms with E-state index in [1.165, 1.54) is 148 Å². The van der Waals surface area contributed by atoms with Gasteiger partial charge in [0, 0.05) is 12.8 Å². The Kier molecular flexibility index (Phi) is 38.6. The summed E-state index contributed by atoms with van der Waals surface area (Å²) in [4.78, 5) is 24.3. The number of hydrogen-bond donors (Lipinski definition) is 3. The second kappa shape index (κ2) is 39.6. The van der Waals surface area contributed by atoms with Crippen LogP contribution in [0.15, 0.2) is 0 Å². The van der Waals surface area contributed by atoms with Gasteiger partial charge in [-0.15, -0.1) is 0 Å². The predicted molar refractivity (Wildman–Crippen MR) is 204 cm³/mol. The molecule has 2 atom stereocenters. The van der Waals surface area contributed by atoms with Crippen molar-refractivity contribution in [3.05, 3.63) is 0 Å². The highest BCUT2D eigenvalue weighted by molar-refractivity contribution is 5.70. The molecule has 0 aliphatic heterocycles. The van der Waals surface area contributed by atoms with Crippen molar-refractivity contribution in [2.75, 3.05) is 19.8 Å². The van der Waals surface area contributed by atoms with Crippen molar-refractivity contribution in [2.24, 2.45) is 0 Å². The molecule has 0 saturated carbocycles. The van der Waals surface area contributed by atoms with E-state index in [-0.39, 0.29) is 31.8 Å². The fraction of sp³-hybridized carbons (Fsp3) is 0.952. The Morgan fingerprint density at radius 1 is 0.449 bits per heavy atom. The molecular formula is C42H82O7. The van der Waals surface area contributed by atoms with Gasteiger partial charge in [0.05, 0.1) is 19.3 Å². The van der Waals surface area contributed by atoms with Crippen LogP contribution in [0, 0.1) is 0 Å². The fourth-order valence-corrected chi connectivity index (χ4v) is 6.48. The molecule has 3 N–H and O–H groups in total. The highest BCUT2D eigenvalue weighted by atomic mass is 16.6. The van der Waals surface area contributed by atoms with Gasteiger partial charge >= 0.3 is 11.9 Å². The second-order valence-corrected chi connectivity index (χ2v) is 14.7. The number of esters is 2. The summed E-state index contributed by atoms with van der Waals surface area (Å²) in [6.45, 7) is 1.74. The maximum atomic E-state index is 12.2. The number of carbonyl (C=O) groups excluding carboxylic acids is 2. The van der Waals surface area contributed by atoms with Gasteiger partial charge in [0.2, 0.25) is 0 Å². The lowest BCUT2D eigenvalue weighted by molar-refractivity contribution is -0.161. The molecule has 7 nitrogen and oxygen atoms in total. The minimum absolute atomic E-state index is 0.0704. The molecule has 0 aliphatic rings. The minimum atomic E-state index is -0.777. The van der Waals surface area contributed by atoms with Crippen molar-refractivity contribution >= 4 is 11.9 Å². The Hall–Kier alpha value is -1.18. The van der Waals surface area contributed by atoms with E-state index in [1.807, 2.05) is 0 Å². The van der Waals surface area contributed by atoms with Gasteiger partial charge in [0.1, 0.15) is 6.61 Å². The second-order valence-electron chi connectivity index (χ2n) is 14.7. The number of rotatable bonds is 40. The summed E-state index contributed by atoms with van der Waals surface area (Å²) in [7, 11) is 0. The molecule has 0 rings (SSSR count). The summed E-state index contributed by atoms with van der Waals surface area (Å²) in [5, 5.41) is 27.7. The van der Waals surface area contributed by atoms with Crippen LogP contribution in [0.25, 0.3) is 0 Å². The topological polar surface area (TPSA) is 113 Å². The van der Waals surface area contributed by atoms with Crippen LogP contribution in [-0.2, 0) is 19.1 Å². The number of aliphatic hydroxyl groups is 3. The average molecular weight is 699 g/mol. The van der Waals surface area contributed by atoms with Crippen molar-refractivity contribution in [3.8, 4) is 0 Å². The maximum absolute atomic E-state index is 12.2. The maximum Gasteiger partial charge on any atom is 0.306 e. The van der Waals surface area contributed by atoms with Crippen molar-refractivity contribution in [1.82, 2.24) is 0 Å². The lowest BCUT2D eigenvalue weighted by Crippen LogP contribution is -2.28. The summed E-state index contributed by atoms with van der Waals surface area (Å²) in [6, 6.07) is 0. The molecule has 0 fully saturated rings. The van der Waals surface area contributed by atoms with Gasteiger partial charge in [-0.1, -0.05) is 193 Å². The molecule has 292 valence electrons. The molecule has 49 heavy (non-hydrogen) atoms. The standard InChI is InChI=1S/C42H82O7/c1-2-3-4-5-6-7-8-9-12-16-19-22-25-28-31-34-41(46)48-38-40(37-44)49-42(47)35-32-29-26-23-20-17-14-11-10-13-15-18-21-24-27-30-33-39(45)36-43/h39-40,43-45H,2-38H2,1H3. The highest BCUT2D eigenvalue weighted by Crippen LogP contribution is 2.16. The quantitative estimate of drug-likeness (QED) is 0.0431. The Labute approximate surface area is 303 Å². The Morgan fingerprint density at radius 3 is 1.12 bits per heavy atom. The molecule has 0 spiro atoms. The van der Waals surface area contributed by atoms with E-state index in [2.05, 4.69) is 6.92 Å². The van der Waals surface area contributed by atoms with Gasteiger partial charge in [0.15, 0.2) is 6.10 Å². The van der Waals surface area contributed by atoms with Gasteiger partial charge in [-0.2, -0.15) is 0 Å². The Balaban J connectivity index is 3.47. The first-order valence-electron chi connectivity index (χ1n) is 21.3. The van der Waals surface area contributed by atoms with Gasteiger partial charge in [0.25, 0.3) is 0 Å². The molecular weight excluding hydrogens is 616 g/mol. The van der Waals surface area contributed by atoms with Gasteiger partial charge in [-0.05, 0) is 19.3 Å². The van der Waals surface area contributed by atoms with E-state index in [0.29, 0.717) is 12.8 Å². The molecule has 0 heterocycles. The monoisotopic (exact) mass is 699 g/mol. The van der Waals surface area contributed by atoms with E-state index in [9.17, 15) is 19.8 Å². The highest BCUT2D eigenvalue weighted by Gasteiger charge is 2.16. The van der Waals surface area contributed by atoms with E-state index in [0.717, 1.165) is 57.8 Å². The van der Waals surface area contributed by atoms with Crippen LogP contribution in [0.1, 0.15) is 225 Å². The predicted octanol–water partition coefficient (Wildman–Crippen LogP) is 11.1. The van der Waals surface area contributed by atoms with Crippen molar-refractivity contribution in [2.45, 2.75) is 237 Å². The van der Waals surface area contributed by atoms with Crippen LogP contribution in [-0.4, -0.2) is 59.3 Å². The summed E-state index contributed by atoms with van der Waals surface area (Å²) in [5.41, 5.74) is 0. The van der Waals surface area contributed by atoms with Crippen LogP contribution in [0.2, 0.25) is 0 Å². The summed E-state index contributed by atoms with van der Waals surface area (Å²) < 4.78 is 10.6. The molecule has 2 unspecified atom stereocenters. The zero-order valence-corrected chi connectivity index (χ0v) is 32.3. The molecule has 7 heteroatoms. The molecule has 0 saturated heterocycles. The molecule has 0 radical (unpaired) electrons. The molecule has 0 aromatic carbocycles. The van der Waals surface area contributed by atoms with E-state index < -0.39 is 12.2 Å². The number of carbonyl (C=O) groups is 2. The van der Waals surface area contributed by atoms with Gasteiger partial charge < -0.3 is 24.8 Å². The molecule has 0 aromatic heterocycles. The molecule has 0 amide bonds. The van der Waals surface area contributed by atoms with Crippen molar-refractivity contribution in [3.63, 3.8) is 0 Å². The third kappa shape index (κ3) is 37.9. The summed E-state index contributed by atoms with van der Waals surface area (Å²) in [6.07, 6.45) is 38.7. The third-order valence-electron chi connectivity index (χ3n) is 9.80. The summed E-state index contributed by atoms with van der Waals surface area (Å²) in [5.74, 6) is -0.601. The lowest BCUT2D eigenvalue weighted by Gasteiger charge is -2.15. The van der Waals surface area contributed by atoms with Crippen LogP contribution < -0.4 is 0 Å². The first-order valence-corrected chi connectivity index (χ1v) is 21.3. The number of ether oxygens (including phenoxy) is 2. The number of aliphatic hydroxyl groups excluding tert-OH is 3. The number of unbranched alkanes of at least 4 members (excludes halogenated alkanes) is 29. The lowest BCUT2D eigenvalue weighted by atomic mass is 10.0. The van der Waals surface area contributed by atoms with Crippen LogP contribution in [0.3, 0.4) is 0 Å². The van der Waals surface area contributed by atoms with Crippen molar-refractivity contribution in [1.29, 1.82) is 0 Å². The normalized spacial score (nSPS) is 12.7. The fourth-order valence-electron chi connectivity index (χ4n) is 6.48. The van der Waals surface area contributed by atoms with Crippen LogP contribution in [0.4, 0.5) is 0 Å². The third-order valence-corrected chi connectivity index (χ3v) is 9.80. The SMILES string of the molecule is CCCCCCCCCCCCCCCCCC(=O)OCC(CO)OC(=O)CCCCCCCCCCCCCCCCCCC(O)CO. The van der Waals surface area contributed by atoms with Crippen LogP contribution in [0.5, 0.6) is 0 Å². The Morgan fingerprint density at radius 2 is 0.776 bits per heavy atom. The molecule has 0 aliphatic carbocycles. The van der Waals surface area contributed by atoms with E-state index in [1.54, 1.807) is 0 Å². The van der Waals surface area contributed by atoms with Gasteiger partial charge in [-0.3, -0.25) is 9.59 Å². The van der Waals surface area contributed by atoms with E-state index >= 15 is 0 Å². The van der Waals surface area contributed by atoms with E-state index in [4.69, 9.17) is 14.6 Å². The molecule has 0 aromatic rings. The smallest absolute Gasteiger partial charge is 0.306 e. The van der Waals surface area contributed by atoms with Gasteiger partial charge in [-0.25, -0.2) is 0 Å². The Bertz CT molecular complexity index is 686. The average Bonchev–Trinajstić information content (AvgIpc) is 3.10. The van der Waals surface area contributed by atoms with Crippen molar-refractivity contribution < 1.29 is 34.4 Å². The largest absolute Gasteiger partial charge is 0.462 e. The molecule has 0 bridgehead atoms. The number of hydrogen-bond acceptors (Lipinski definition) is 7. The zero-order valence-electron chi connectivity index (χ0n) is 32.3. The first kappa shape index (κ1) is 47.8. The zero-order chi connectivity index (χ0) is 35.9.